The first-order chi connectivity index (χ1) is 10.2. The molecule has 0 aliphatic rings. The number of ether oxygens (including phenoxy) is 1. The van der Waals surface area contributed by atoms with Crippen LogP contribution in [0, 0.1) is 0 Å². The molecule has 0 spiro atoms. The summed E-state index contributed by atoms with van der Waals surface area (Å²) in [6, 6.07) is 18.2. The lowest BCUT2D eigenvalue weighted by Crippen LogP contribution is -2.16. The van der Waals surface area contributed by atoms with Crippen molar-refractivity contribution >= 4 is 5.91 Å². The number of carbonyl (C=O) groups excluding carboxylic acids is 1. The van der Waals surface area contributed by atoms with E-state index in [1.54, 1.807) is 7.11 Å². The predicted octanol–water partition coefficient (Wildman–Crippen LogP) is 3.29. The molecule has 0 radical (unpaired) electrons. The van der Waals surface area contributed by atoms with Crippen LogP contribution in [0.3, 0.4) is 0 Å². The average Bonchev–Trinajstić information content (AvgIpc) is 2.52. The van der Waals surface area contributed by atoms with Gasteiger partial charge in [0.15, 0.2) is 0 Å². The summed E-state index contributed by atoms with van der Waals surface area (Å²) in [5.41, 5.74) is 7.80. The largest absolute Gasteiger partial charge is 0.497 e. The number of hydrogen-bond donors (Lipinski definition) is 1. The lowest BCUT2D eigenvalue weighted by molar-refractivity contribution is -0.118. The van der Waals surface area contributed by atoms with Gasteiger partial charge in [0.1, 0.15) is 5.75 Å². The van der Waals surface area contributed by atoms with Crippen LogP contribution in [0.25, 0.3) is 0 Å². The summed E-state index contributed by atoms with van der Waals surface area (Å²) < 4.78 is 5.17. The molecular formula is C18H21NO2. The molecule has 3 nitrogen and oxygen atoms in total. The Morgan fingerprint density at radius 3 is 2.33 bits per heavy atom. The Hall–Kier alpha value is -2.29. The maximum absolute atomic E-state index is 11.3. The molecule has 0 aliphatic carbocycles. The topological polar surface area (TPSA) is 52.3 Å². The molecule has 0 heterocycles. The second-order valence-electron chi connectivity index (χ2n) is 5.16. The Kier molecular flexibility index (Phi) is 5.38. The standard InChI is InChI=1S/C18H21NO2/c1-21-17-11-9-15(10-12-17)16(13-18(19)20)8-7-14-5-3-2-4-6-14/h2-6,9-12,16H,7-8,13H2,1H3,(H2,19,20). The third-order valence-electron chi connectivity index (χ3n) is 3.66. The van der Waals surface area contributed by atoms with E-state index in [-0.39, 0.29) is 11.8 Å². The first-order valence-corrected chi connectivity index (χ1v) is 7.15. The minimum Gasteiger partial charge on any atom is -0.497 e. The van der Waals surface area contributed by atoms with Gasteiger partial charge in [-0.1, -0.05) is 42.5 Å². The van der Waals surface area contributed by atoms with Gasteiger partial charge in [0.25, 0.3) is 0 Å². The molecule has 110 valence electrons. The van der Waals surface area contributed by atoms with Gasteiger partial charge in [0.05, 0.1) is 7.11 Å². The highest BCUT2D eigenvalue weighted by Gasteiger charge is 2.14. The van der Waals surface area contributed by atoms with E-state index in [0.717, 1.165) is 24.2 Å². The van der Waals surface area contributed by atoms with Crippen molar-refractivity contribution < 1.29 is 9.53 Å². The predicted molar refractivity (Wildman–Crippen MR) is 84.3 cm³/mol. The van der Waals surface area contributed by atoms with E-state index in [9.17, 15) is 4.79 Å². The number of amides is 1. The molecule has 0 aromatic heterocycles. The molecule has 2 aromatic rings. The Morgan fingerprint density at radius 1 is 1.10 bits per heavy atom. The number of benzene rings is 2. The molecule has 1 atom stereocenters. The fourth-order valence-corrected chi connectivity index (χ4v) is 2.49. The number of aryl methyl sites for hydroxylation is 1. The Morgan fingerprint density at radius 2 is 1.76 bits per heavy atom. The van der Waals surface area contributed by atoms with Gasteiger partial charge >= 0.3 is 0 Å². The van der Waals surface area contributed by atoms with E-state index in [0.29, 0.717) is 6.42 Å². The van der Waals surface area contributed by atoms with Gasteiger partial charge in [0.2, 0.25) is 5.91 Å². The van der Waals surface area contributed by atoms with E-state index in [2.05, 4.69) is 12.1 Å². The van der Waals surface area contributed by atoms with Crippen LogP contribution in [0.1, 0.15) is 29.9 Å². The Labute approximate surface area is 125 Å². The van der Waals surface area contributed by atoms with Crippen molar-refractivity contribution in [2.45, 2.75) is 25.2 Å². The fourth-order valence-electron chi connectivity index (χ4n) is 2.49. The number of carbonyl (C=O) groups is 1. The molecule has 0 aliphatic heterocycles. The number of hydrogen-bond acceptors (Lipinski definition) is 2. The molecule has 1 amide bonds. The third-order valence-corrected chi connectivity index (χ3v) is 3.66. The average molecular weight is 283 g/mol. The van der Waals surface area contributed by atoms with Crippen LogP contribution < -0.4 is 10.5 Å². The lowest BCUT2D eigenvalue weighted by atomic mass is 9.89. The monoisotopic (exact) mass is 283 g/mol. The highest BCUT2D eigenvalue weighted by atomic mass is 16.5. The Balaban J connectivity index is 2.07. The van der Waals surface area contributed by atoms with Crippen molar-refractivity contribution in [3.8, 4) is 5.75 Å². The number of primary amides is 1. The molecule has 1 unspecified atom stereocenters. The van der Waals surface area contributed by atoms with Crippen LogP contribution in [0.15, 0.2) is 54.6 Å². The highest BCUT2D eigenvalue weighted by molar-refractivity contribution is 5.74. The zero-order valence-corrected chi connectivity index (χ0v) is 12.3. The van der Waals surface area contributed by atoms with Crippen LogP contribution in [0.4, 0.5) is 0 Å². The van der Waals surface area contributed by atoms with Crippen molar-refractivity contribution in [1.29, 1.82) is 0 Å². The normalized spacial score (nSPS) is 11.9. The van der Waals surface area contributed by atoms with Crippen LogP contribution in [-0.2, 0) is 11.2 Å². The van der Waals surface area contributed by atoms with Crippen LogP contribution in [0.2, 0.25) is 0 Å². The van der Waals surface area contributed by atoms with Crippen molar-refractivity contribution in [2.24, 2.45) is 5.73 Å². The minimum atomic E-state index is -0.260. The first kappa shape index (κ1) is 15.1. The van der Waals surface area contributed by atoms with Crippen LogP contribution >= 0.6 is 0 Å². The molecule has 2 N–H and O–H groups in total. The lowest BCUT2D eigenvalue weighted by Gasteiger charge is -2.16. The summed E-state index contributed by atoms with van der Waals surface area (Å²) in [6.45, 7) is 0. The molecule has 21 heavy (non-hydrogen) atoms. The van der Waals surface area contributed by atoms with Crippen molar-refractivity contribution in [2.75, 3.05) is 7.11 Å². The van der Waals surface area contributed by atoms with Gasteiger partial charge in [-0.15, -0.1) is 0 Å². The molecule has 2 aromatic carbocycles. The van der Waals surface area contributed by atoms with Gasteiger partial charge in [0, 0.05) is 6.42 Å². The highest BCUT2D eigenvalue weighted by Crippen LogP contribution is 2.26. The quantitative estimate of drug-likeness (QED) is 0.847. The molecule has 2 rings (SSSR count). The van der Waals surface area contributed by atoms with Crippen molar-refractivity contribution in [1.82, 2.24) is 0 Å². The molecule has 0 saturated heterocycles. The second-order valence-corrected chi connectivity index (χ2v) is 5.16. The van der Waals surface area contributed by atoms with E-state index in [1.165, 1.54) is 5.56 Å². The van der Waals surface area contributed by atoms with Crippen LogP contribution in [0.5, 0.6) is 5.75 Å². The maximum Gasteiger partial charge on any atom is 0.218 e. The van der Waals surface area contributed by atoms with Gasteiger partial charge in [-0.05, 0) is 42.0 Å². The van der Waals surface area contributed by atoms with E-state index in [4.69, 9.17) is 10.5 Å². The molecule has 0 bridgehead atoms. The fraction of sp³-hybridized carbons (Fsp3) is 0.278. The molecule has 0 saturated carbocycles. The van der Waals surface area contributed by atoms with Gasteiger partial charge in [-0.2, -0.15) is 0 Å². The van der Waals surface area contributed by atoms with E-state index >= 15 is 0 Å². The zero-order chi connectivity index (χ0) is 15.1. The molecule has 3 heteroatoms. The summed E-state index contributed by atoms with van der Waals surface area (Å²) in [6.07, 6.45) is 2.21. The SMILES string of the molecule is COc1ccc(C(CCc2ccccc2)CC(N)=O)cc1. The summed E-state index contributed by atoms with van der Waals surface area (Å²) in [5.74, 6) is 0.706. The van der Waals surface area contributed by atoms with Crippen molar-refractivity contribution in [3.05, 3.63) is 65.7 Å². The maximum atomic E-state index is 11.3. The van der Waals surface area contributed by atoms with E-state index in [1.807, 2.05) is 42.5 Å². The summed E-state index contributed by atoms with van der Waals surface area (Å²) in [4.78, 5) is 11.3. The third kappa shape index (κ3) is 4.63. The summed E-state index contributed by atoms with van der Waals surface area (Å²) >= 11 is 0. The number of rotatable bonds is 7. The number of methoxy groups -OCH3 is 1. The first-order valence-electron chi connectivity index (χ1n) is 7.15. The minimum absolute atomic E-state index is 0.147. The summed E-state index contributed by atoms with van der Waals surface area (Å²) in [7, 11) is 1.64. The molecular weight excluding hydrogens is 262 g/mol. The molecule has 0 fully saturated rings. The van der Waals surface area contributed by atoms with Gasteiger partial charge in [-0.3, -0.25) is 4.79 Å². The Bertz CT molecular complexity index is 564. The summed E-state index contributed by atoms with van der Waals surface area (Å²) in [5, 5.41) is 0. The van der Waals surface area contributed by atoms with Crippen LogP contribution in [-0.4, -0.2) is 13.0 Å². The zero-order valence-electron chi connectivity index (χ0n) is 12.3. The van der Waals surface area contributed by atoms with Gasteiger partial charge in [-0.25, -0.2) is 0 Å². The van der Waals surface area contributed by atoms with E-state index < -0.39 is 0 Å². The van der Waals surface area contributed by atoms with Crippen molar-refractivity contribution in [3.63, 3.8) is 0 Å². The smallest absolute Gasteiger partial charge is 0.218 e. The number of nitrogens with two attached hydrogens (primary N) is 1. The second kappa shape index (κ2) is 7.48. The van der Waals surface area contributed by atoms with Gasteiger partial charge < -0.3 is 10.5 Å².